The maximum Gasteiger partial charge on any atom is 0.151 e. The van der Waals surface area contributed by atoms with Gasteiger partial charge in [-0.25, -0.2) is 0 Å². The molecule has 2 aromatic carbocycles. The Hall–Kier alpha value is -0.570. The van der Waals surface area contributed by atoms with Crippen molar-refractivity contribution in [3.8, 4) is 0 Å². The van der Waals surface area contributed by atoms with Crippen LogP contribution in [0.1, 0.15) is 20.8 Å². The summed E-state index contributed by atoms with van der Waals surface area (Å²) in [6.45, 7) is 0. The van der Waals surface area contributed by atoms with Gasteiger partial charge in [0.1, 0.15) is 4.84 Å². The van der Waals surface area contributed by atoms with E-state index in [1.165, 1.54) is 0 Å². The molecule has 0 atom stereocenters. The van der Waals surface area contributed by atoms with Crippen molar-refractivity contribution < 1.29 is 4.79 Å². The summed E-state index contributed by atoms with van der Waals surface area (Å²) >= 11 is 15.1. The zero-order chi connectivity index (χ0) is 11.7. The number of benzene rings is 2. The molecule has 0 aliphatic carbocycles. The summed E-state index contributed by atoms with van der Waals surface area (Å²) in [6, 6.07) is 9.36. The van der Waals surface area contributed by atoms with Gasteiger partial charge >= 0.3 is 0 Å². The highest BCUT2D eigenvalue weighted by atomic mass is 79.9. The molecule has 0 fully saturated rings. The van der Waals surface area contributed by atoms with Crippen molar-refractivity contribution in [2.45, 2.75) is 4.84 Å². The van der Waals surface area contributed by atoms with Gasteiger partial charge in [-0.3, -0.25) is 4.79 Å². The first-order valence-corrected chi connectivity index (χ1v) is 6.26. The van der Waals surface area contributed by atoms with E-state index in [4.69, 9.17) is 23.2 Å². The summed E-state index contributed by atoms with van der Waals surface area (Å²) in [4.78, 5) is 10.4. The van der Waals surface area contributed by atoms with Crippen LogP contribution < -0.4 is 0 Å². The molecule has 0 unspecified atom stereocenters. The molecule has 2 rings (SSSR count). The molecule has 4 heteroatoms. The normalized spacial score (nSPS) is 11.0. The van der Waals surface area contributed by atoms with Gasteiger partial charge in [-0.05, 0) is 22.4 Å². The number of fused-ring (bicyclic) bond motifs is 1. The topological polar surface area (TPSA) is 17.1 Å². The molecule has 0 N–H and O–H groups in total. The van der Waals surface area contributed by atoms with E-state index < -0.39 is 4.84 Å². The van der Waals surface area contributed by atoms with E-state index in [1.807, 2.05) is 24.3 Å². The zero-order valence-electron chi connectivity index (χ0n) is 8.08. The Morgan fingerprint density at radius 2 is 1.88 bits per heavy atom. The highest BCUT2D eigenvalue weighted by Crippen LogP contribution is 2.33. The summed E-state index contributed by atoms with van der Waals surface area (Å²) < 4.78 is 0.945. The molecule has 1 nitrogen and oxygen atoms in total. The second-order valence-electron chi connectivity index (χ2n) is 3.32. The van der Waals surface area contributed by atoms with Crippen LogP contribution in [-0.2, 0) is 0 Å². The van der Waals surface area contributed by atoms with E-state index in [2.05, 4.69) is 15.9 Å². The predicted octanol–water partition coefficient (Wildman–Crippen LogP) is 4.89. The highest BCUT2D eigenvalue weighted by molar-refractivity contribution is 9.10. The van der Waals surface area contributed by atoms with Crippen molar-refractivity contribution >= 4 is 56.2 Å². The lowest BCUT2D eigenvalue weighted by Crippen LogP contribution is -1.93. The van der Waals surface area contributed by atoms with Crippen molar-refractivity contribution in [1.29, 1.82) is 0 Å². The summed E-state index contributed by atoms with van der Waals surface area (Å²) in [5.74, 6) is 0. The SMILES string of the molecule is O=Cc1c(C(Cl)Cl)ccc2c(Br)cccc12. The Kier molecular flexibility index (Phi) is 3.53. The lowest BCUT2D eigenvalue weighted by atomic mass is 10.0. The van der Waals surface area contributed by atoms with E-state index in [9.17, 15) is 4.79 Å². The van der Waals surface area contributed by atoms with Crippen LogP contribution in [0.2, 0.25) is 0 Å². The van der Waals surface area contributed by atoms with Crippen LogP contribution in [-0.4, -0.2) is 6.29 Å². The van der Waals surface area contributed by atoms with E-state index in [1.54, 1.807) is 6.07 Å². The predicted molar refractivity (Wildman–Crippen MR) is 71.5 cm³/mol. The number of halogens is 3. The molecule has 0 aromatic heterocycles. The van der Waals surface area contributed by atoms with Gasteiger partial charge in [0, 0.05) is 10.0 Å². The third-order valence-corrected chi connectivity index (χ3v) is 3.60. The minimum Gasteiger partial charge on any atom is -0.298 e. The Morgan fingerprint density at radius 3 is 2.50 bits per heavy atom. The monoisotopic (exact) mass is 316 g/mol. The van der Waals surface area contributed by atoms with Gasteiger partial charge < -0.3 is 0 Å². The average Bonchev–Trinajstić information content (AvgIpc) is 2.27. The summed E-state index contributed by atoms with van der Waals surface area (Å²) in [7, 11) is 0. The van der Waals surface area contributed by atoms with Crippen LogP contribution in [0.3, 0.4) is 0 Å². The fourth-order valence-corrected chi connectivity index (χ4v) is 2.56. The summed E-state index contributed by atoms with van der Waals surface area (Å²) in [5.41, 5.74) is 1.19. The molecule has 82 valence electrons. The molecule has 0 bridgehead atoms. The van der Waals surface area contributed by atoms with Crippen molar-refractivity contribution in [2.75, 3.05) is 0 Å². The van der Waals surface area contributed by atoms with Gasteiger partial charge in [0.15, 0.2) is 6.29 Å². The maximum absolute atomic E-state index is 11.1. The molecule has 0 heterocycles. The van der Waals surface area contributed by atoms with Crippen LogP contribution in [0.4, 0.5) is 0 Å². The van der Waals surface area contributed by atoms with Crippen LogP contribution in [0.5, 0.6) is 0 Å². The fourth-order valence-electron chi connectivity index (χ4n) is 1.68. The number of rotatable bonds is 2. The Balaban J connectivity index is 2.86. The molecule has 2 aromatic rings. The van der Waals surface area contributed by atoms with E-state index >= 15 is 0 Å². The molecule has 16 heavy (non-hydrogen) atoms. The zero-order valence-corrected chi connectivity index (χ0v) is 11.2. The number of alkyl halides is 2. The number of hydrogen-bond acceptors (Lipinski definition) is 1. The molecule has 0 saturated heterocycles. The van der Waals surface area contributed by atoms with Crippen LogP contribution in [0.25, 0.3) is 10.8 Å². The lowest BCUT2D eigenvalue weighted by molar-refractivity contribution is 0.112. The summed E-state index contributed by atoms with van der Waals surface area (Å²) in [5, 5.41) is 1.83. The van der Waals surface area contributed by atoms with Gasteiger partial charge in [-0.2, -0.15) is 0 Å². The maximum atomic E-state index is 11.1. The van der Waals surface area contributed by atoms with Crippen LogP contribution in [0, 0.1) is 0 Å². The largest absolute Gasteiger partial charge is 0.298 e. The molecular weight excluding hydrogens is 311 g/mol. The van der Waals surface area contributed by atoms with E-state index in [0.29, 0.717) is 11.1 Å². The third kappa shape index (κ3) is 1.97. The standard InChI is InChI=1S/C12H7BrCl2O/c13-11-3-1-2-7-8(11)4-5-9(12(14)15)10(7)6-16/h1-6,12H. The fraction of sp³-hybridized carbons (Fsp3) is 0.0833. The molecule has 0 aliphatic heterocycles. The van der Waals surface area contributed by atoms with E-state index in [0.717, 1.165) is 21.5 Å². The van der Waals surface area contributed by atoms with Crippen LogP contribution >= 0.6 is 39.1 Å². The molecule has 0 saturated carbocycles. The first-order chi connectivity index (χ1) is 7.65. The smallest absolute Gasteiger partial charge is 0.151 e. The Labute approximate surface area is 111 Å². The lowest BCUT2D eigenvalue weighted by Gasteiger charge is -2.09. The second-order valence-corrected chi connectivity index (χ2v) is 5.27. The minimum absolute atomic E-state index is 0.550. The van der Waals surface area contributed by atoms with E-state index in [-0.39, 0.29) is 0 Å². The van der Waals surface area contributed by atoms with Crippen molar-refractivity contribution in [1.82, 2.24) is 0 Å². The first kappa shape index (κ1) is 11.9. The average molecular weight is 318 g/mol. The number of carbonyl (C=O) groups excluding carboxylic acids is 1. The van der Waals surface area contributed by atoms with Gasteiger partial charge in [0.05, 0.1) is 0 Å². The molecule has 0 spiro atoms. The summed E-state index contributed by atoms with van der Waals surface area (Å²) in [6.07, 6.45) is 0.794. The number of carbonyl (C=O) groups is 1. The van der Waals surface area contributed by atoms with Gasteiger partial charge in [-0.1, -0.05) is 40.2 Å². The van der Waals surface area contributed by atoms with Crippen molar-refractivity contribution in [3.05, 3.63) is 45.9 Å². The molecule has 0 radical (unpaired) electrons. The van der Waals surface area contributed by atoms with Gasteiger partial charge in [0.2, 0.25) is 0 Å². The van der Waals surface area contributed by atoms with Crippen LogP contribution in [0.15, 0.2) is 34.8 Å². The highest BCUT2D eigenvalue weighted by Gasteiger charge is 2.13. The quantitative estimate of drug-likeness (QED) is 0.569. The van der Waals surface area contributed by atoms with Gasteiger partial charge in [-0.15, -0.1) is 23.2 Å². The molecular formula is C12H7BrCl2O. The second kappa shape index (κ2) is 4.74. The number of hydrogen-bond donors (Lipinski definition) is 0. The third-order valence-electron chi connectivity index (χ3n) is 2.44. The number of aldehydes is 1. The Bertz CT molecular complexity index is 552. The van der Waals surface area contributed by atoms with Crippen molar-refractivity contribution in [3.63, 3.8) is 0 Å². The Morgan fingerprint density at radius 1 is 1.12 bits per heavy atom. The minimum atomic E-state index is -0.691. The van der Waals surface area contributed by atoms with Crippen molar-refractivity contribution in [2.24, 2.45) is 0 Å². The first-order valence-electron chi connectivity index (χ1n) is 4.59. The molecule has 0 amide bonds. The molecule has 0 aliphatic rings. The van der Waals surface area contributed by atoms with Gasteiger partial charge in [0.25, 0.3) is 0 Å².